The van der Waals surface area contributed by atoms with Gasteiger partial charge in [0.1, 0.15) is 0 Å². The van der Waals surface area contributed by atoms with Crippen LogP contribution in [0.4, 0.5) is 5.69 Å². The van der Waals surface area contributed by atoms with Gasteiger partial charge in [-0.25, -0.2) is 0 Å². The first kappa shape index (κ1) is 15.6. The highest BCUT2D eigenvalue weighted by molar-refractivity contribution is 6.33. The Morgan fingerprint density at radius 1 is 1.20 bits per heavy atom. The molecule has 1 aromatic carbocycles. The van der Waals surface area contributed by atoms with Crippen LogP contribution in [0.1, 0.15) is 25.7 Å². The predicted octanol–water partition coefficient (Wildman–Crippen LogP) is 3.26. The van der Waals surface area contributed by atoms with Crippen molar-refractivity contribution in [3.63, 3.8) is 0 Å². The average molecular weight is 315 g/mol. The second-order valence-corrected chi connectivity index (χ2v) is 5.98. The molecule has 0 aromatic heterocycles. The van der Waals surface area contributed by atoms with E-state index in [1.807, 2.05) is 29.2 Å². The van der Waals surface area contributed by atoms with Gasteiger partial charge in [0.2, 0.25) is 5.91 Å². The van der Waals surface area contributed by atoms with Gasteiger partial charge in [-0.05, 0) is 44.4 Å². The summed E-state index contributed by atoms with van der Waals surface area (Å²) in [6.07, 6.45) is 4.14. The molecule has 3 nitrogen and oxygen atoms in total. The molecule has 1 N–H and O–H groups in total. The van der Waals surface area contributed by atoms with E-state index in [4.69, 9.17) is 11.6 Å². The highest BCUT2D eigenvalue weighted by Crippen LogP contribution is 2.40. The summed E-state index contributed by atoms with van der Waals surface area (Å²) in [4.78, 5) is 14.8. The number of hydrogen-bond donors (Lipinski definition) is 1. The van der Waals surface area contributed by atoms with Crippen LogP contribution in [0.25, 0.3) is 0 Å². The molecule has 0 bridgehead atoms. The van der Waals surface area contributed by atoms with Crippen molar-refractivity contribution in [2.24, 2.45) is 5.41 Å². The molecule has 1 spiro atoms. The molecule has 2 fully saturated rings. The molecule has 2 aliphatic heterocycles. The van der Waals surface area contributed by atoms with Crippen molar-refractivity contribution in [1.29, 1.82) is 0 Å². The van der Waals surface area contributed by atoms with Crippen molar-refractivity contribution in [3.8, 4) is 0 Å². The lowest BCUT2D eigenvalue weighted by Crippen LogP contribution is -2.55. The van der Waals surface area contributed by atoms with E-state index in [2.05, 4.69) is 5.32 Å². The number of amides is 1. The molecule has 0 aliphatic carbocycles. The lowest BCUT2D eigenvalue weighted by molar-refractivity contribution is -0.131. The number of hydrogen-bond acceptors (Lipinski definition) is 2. The summed E-state index contributed by atoms with van der Waals surface area (Å²) in [5.74, 6) is 0.249. The normalized spacial score (nSPS) is 26.4. The van der Waals surface area contributed by atoms with E-state index in [0.717, 1.165) is 51.0 Å². The zero-order chi connectivity index (χ0) is 13.3. The Balaban J connectivity index is 0.00000147. The molecule has 5 heteroatoms. The average Bonchev–Trinajstić information content (AvgIpc) is 2.44. The molecule has 20 heavy (non-hydrogen) atoms. The molecule has 2 heterocycles. The molecule has 1 unspecified atom stereocenters. The summed E-state index contributed by atoms with van der Waals surface area (Å²) >= 11 is 6.24. The SMILES string of the molecule is Cl.O=C1N(c2ccccc2Cl)CCCC12CCCNC2. The van der Waals surface area contributed by atoms with E-state index in [-0.39, 0.29) is 23.7 Å². The summed E-state index contributed by atoms with van der Waals surface area (Å²) in [5.41, 5.74) is 0.661. The maximum atomic E-state index is 12.9. The van der Waals surface area contributed by atoms with Gasteiger partial charge in [0.25, 0.3) is 0 Å². The van der Waals surface area contributed by atoms with Gasteiger partial charge in [-0.1, -0.05) is 23.7 Å². The van der Waals surface area contributed by atoms with Crippen LogP contribution in [-0.4, -0.2) is 25.5 Å². The zero-order valence-corrected chi connectivity index (χ0v) is 13.0. The zero-order valence-electron chi connectivity index (χ0n) is 11.4. The van der Waals surface area contributed by atoms with Crippen molar-refractivity contribution in [3.05, 3.63) is 29.3 Å². The van der Waals surface area contributed by atoms with Crippen LogP contribution in [0.5, 0.6) is 0 Å². The highest BCUT2D eigenvalue weighted by Gasteiger charge is 2.45. The summed E-state index contributed by atoms with van der Waals surface area (Å²) in [5, 5.41) is 4.05. The molecule has 1 amide bonds. The highest BCUT2D eigenvalue weighted by atomic mass is 35.5. The first-order valence-corrected chi connectivity index (χ1v) is 7.38. The number of nitrogens with zero attached hydrogens (tertiary/aromatic N) is 1. The number of piperidine rings is 2. The van der Waals surface area contributed by atoms with Crippen LogP contribution < -0.4 is 10.2 Å². The largest absolute Gasteiger partial charge is 0.316 e. The fourth-order valence-corrected chi connectivity index (χ4v) is 3.57. The topological polar surface area (TPSA) is 32.3 Å². The Bertz CT molecular complexity index is 481. The maximum Gasteiger partial charge on any atom is 0.234 e. The van der Waals surface area contributed by atoms with Crippen molar-refractivity contribution in [2.45, 2.75) is 25.7 Å². The molecule has 2 aliphatic rings. The lowest BCUT2D eigenvalue weighted by atomic mass is 9.73. The minimum absolute atomic E-state index is 0. The molecule has 0 saturated carbocycles. The third kappa shape index (κ3) is 2.67. The summed E-state index contributed by atoms with van der Waals surface area (Å²) in [7, 11) is 0. The Labute approximate surface area is 131 Å². The Hall–Kier alpha value is -0.770. The molecule has 2 saturated heterocycles. The minimum atomic E-state index is -0.199. The van der Waals surface area contributed by atoms with Crippen molar-refractivity contribution < 1.29 is 4.79 Å². The van der Waals surface area contributed by atoms with Gasteiger partial charge in [-0.2, -0.15) is 0 Å². The predicted molar refractivity (Wildman–Crippen MR) is 84.8 cm³/mol. The standard InChI is InChI=1S/C15H19ClN2O.ClH/c16-12-5-1-2-6-13(12)18-10-4-8-15(14(18)19)7-3-9-17-11-15;/h1-2,5-6,17H,3-4,7-11H2;1H. The van der Waals surface area contributed by atoms with E-state index in [1.54, 1.807) is 0 Å². The molecule has 110 valence electrons. The third-order valence-corrected chi connectivity index (χ3v) is 4.67. The van der Waals surface area contributed by atoms with E-state index >= 15 is 0 Å². The fraction of sp³-hybridized carbons (Fsp3) is 0.533. The number of anilines is 1. The van der Waals surface area contributed by atoms with E-state index in [0.29, 0.717) is 5.02 Å². The number of para-hydroxylation sites is 1. The van der Waals surface area contributed by atoms with E-state index in [1.165, 1.54) is 0 Å². The van der Waals surface area contributed by atoms with Crippen molar-refractivity contribution >= 4 is 35.6 Å². The Morgan fingerprint density at radius 3 is 2.65 bits per heavy atom. The quantitative estimate of drug-likeness (QED) is 0.863. The number of halogens is 2. The van der Waals surface area contributed by atoms with Crippen molar-refractivity contribution in [1.82, 2.24) is 5.32 Å². The lowest BCUT2D eigenvalue weighted by Gasteiger charge is -2.44. The number of benzene rings is 1. The fourth-order valence-electron chi connectivity index (χ4n) is 3.33. The maximum absolute atomic E-state index is 12.9. The van der Waals surface area contributed by atoms with Crippen molar-refractivity contribution in [2.75, 3.05) is 24.5 Å². The molecular weight excluding hydrogens is 295 g/mol. The Kier molecular flexibility index (Phi) is 4.95. The van der Waals surface area contributed by atoms with Gasteiger partial charge in [0.15, 0.2) is 0 Å². The van der Waals surface area contributed by atoms with Crippen LogP contribution in [0.15, 0.2) is 24.3 Å². The molecule has 3 rings (SSSR count). The molecule has 1 aromatic rings. The van der Waals surface area contributed by atoms with Gasteiger partial charge >= 0.3 is 0 Å². The van der Waals surface area contributed by atoms with Gasteiger partial charge in [-0.3, -0.25) is 4.79 Å². The van der Waals surface area contributed by atoms with Crippen LogP contribution in [0, 0.1) is 5.41 Å². The van der Waals surface area contributed by atoms with Gasteiger partial charge in [0.05, 0.1) is 16.1 Å². The second-order valence-electron chi connectivity index (χ2n) is 5.57. The van der Waals surface area contributed by atoms with Crippen LogP contribution in [0.2, 0.25) is 5.02 Å². The Morgan fingerprint density at radius 2 is 1.95 bits per heavy atom. The smallest absolute Gasteiger partial charge is 0.234 e. The first-order chi connectivity index (χ1) is 9.23. The summed E-state index contributed by atoms with van der Waals surface area (Å²) < 4.78 is 0. The second kappa shape index (κ2) is 6.33. The summed E-state index contributed by atoms with van der Waals surface area (Å²) in [6, 6.07) is 7.63. The van der Waals surface area contributed by atoms with Gasteiger partial charge in [-0.15, -0.1) is 12.4 Å². The third-order valence-electron chi connectivity index (χ3n) is 4.35. The number of carbonyl (C=O) groups is 1. The van der Waals surface area contributed by atoms with Gasteiger partial charge in [0, 0.05) is 13.1 Å². The number of nitrogens with one attached hydrogen (secondary N) is 1. The van der Waals surface area contributed by atoms with Crippen LogP contribution in [0.3, 0.4) is 0 Å². The number of rotatable bonds is 1. The molecule has 1 atom stereocenters. The molecular formula is C15H20Cl2N2O. The van der Waals surface area contributed by atoms with Crippen LogP contribution in [-0.2, 0) is 4.79 Å². The van der Waals surface area contributed by atoms with E-state index < -0.39 is 0 Å². The number of carbonyl (C=O) groups excluding carboxylic acids is 1. The first-order valence-electron chi connectivity index (χ1n) is 7.00. The minimum Gasteiger partial charge on any atom is -0.316 e. The molecule has 0 radical (unpaired) electrons. The van der Waals surface area contributed by atoms with Gasteiger partial charge < -0.3 is 10.2 Å². The van der Waals surface area contributed by atoms with E-state index in [9.17, 15) is 4.79 Å². The summed E-state index contributed by atoms with van der Waals surface area (Å²) in [6.45, 7) is 2.62. The monoisotopic (exact) mass is 314 g/mol. The van der Waals surface area contributed by atoms with Crippen LogP contribution >= 0.6 is 24.0 Å².